The molecule has 9 heteroatoms. The lowest BCUT2D eigenvalue weighted by atomic mass is 10.2. The molecule has 29 heavy (non-hydrogen) atoms. The van der Waals surface area contributed by atoms with Crippen molar-refractivity contribution in [2.75, 3.05) is 6.54 Å². The van der Waals surface area contributed by atoms with Gasteiger partial charge in [0.2, 0.25) is 0 Å². The molecule has 0 bridgehead atoms. The Morgan fingerprint density at radius 1 is 1.28 bits per heavy atom. The number of benzene rings is 2. The lowest BCUT2D eigenvalue weighted by Gasteiger charge is -2.09. The fourth-order valence-electron chi connectivity index (χ4n) is 2.52. The van der Waals surface area contributed by atoms with Gasteiger partial charge < -0.3 is 4.74 Å². The third kappa shape index (κ3) is 4.85. The first-order valence-corrected chi connectivity index (χ1v) is 9.84. The van der Waals surface area contributed by atoms with Crippen molar-refractivity contribution >= 4 is 50.6 Å². The number of carbonyl (C=O) groups is 2. The first-order chi connectivity index (χ1) is 13.9. The Balaban J connectivity index is 1.72. The molecule has 2 amide bonds. The smallest absolute Gasteiger partial charge is 0.294 e. The van der Waals surface area contributed by atoms with Crippen LogP contribution >= 0.6 is 27.7 Å². The highest BCUT2D eigenvalue weighted by Gasteiger charge is 2.34. The van der Waals surface area contributed by atoms with Crippen molar-refractivity contribution in [2.24, 2.45) is 0 Å². The van der Waals surface area contributed by atoms with Gasteiger partial charge in [0, 0.05) is 12.1 Å². The molecular weight excluding hydrogens is 460 g/mol. The molecule has 146 valence electrons. The Morgan fingerprint density at radius 3 is 2.76 bits per heavy atom. The van der Waals surface area contributed by atoms with E-state index in [9.17, 15) is 19.7 Å². The number of terminal acetylenes is 1. The van der Waals surface area contributed by atoms with Crippen LogP contribution in [0.4, 0.5) is 10.5 Å². The highest BCUT2D eigenvalue weighted by atomic mass is 79.9. The van der Waals surface area contributed by atoms with E-state index in [0.29, 0.717) is 26.3 Å². The fourth-order valence-corrected chi connectivity index (χ4v) is 3.87. The molecule has 1 aliphatic rings. The molecule has 0 spiro atoms. The molecule has 1 fully saturated rings. The number of carbonyl (C=O) groups excluding carboxylic acids is 2. The van der Waals surface area contributed by atoms with E-state index in [2.05, 4.69) is 21.9 Å². The van der Waals surface area contributed by atoms with Gasteiger partial charge in [-0.25, -0.2) is 0 Å². The van der Waals surface area contributed by atoms with Gasteiger partial charge in [-0.15, -0.1) is 6.42 Å². The number of amides is 2. The topological polar surface area (TPSA) is 89.8 Å². The highest BCUT2D eigenvalue weighted by molar-refractivity contribution is 9.10. The van der Waals surface area contributed by atoms with Crippen LogP contribution in [0.1, 0.15) is 11.1 Å². The third-order valence-corrected chi connectivity index (χ3v) is 5.42. The molecule has 0 aromatic heterocycles. The zero-order chi connectivity index (χ0) is 21.0. The molecule has 2 aromatic carbocycles. The fraction of sp³-hybridized carbons (Fsp3) is 0.100. The quantitative estimate of drug-likeness (QED) is 0.264. The molecule has 7 nitrogen and oxygen atoms in total. The Kier molecular flexibility index (Phi) is 6.36. The van der Waals surface area contributed by atoms with E-state index in [1.54, 1.807) is 36.4 Å². The molecule has 0 saturated carbocycles. The molecule has 1 saturated heterocycles. The van der Waals surface area contributed by atoms with Crippen LogP contribution in [0.25, 0.3) is 6.08 Å². The number of rotatable bonds is 6. The first-order valence-electron chi connectivity index (χ1n) is 8.23. The zero-order valence-corrected chi connectivity index (χ0v) is 17.2. The zero-order valence-electron chi connectivity index (χ0n) is 14.8. The Bertz CT molecular complexity index is 1080. The minimum absolute atomic E-state index is 0.000652. The van der Waals surface area contributed by atoms with Crippen molar-refractivity contribution in [3.8, 4) is 18.1 Å². The molecule has 0 N–H and O–H groups in total. The second kappa shape index (κ2) is 8.94. The predicted molar refractivity (Wildman–Crippen MR) is 113 cm³/mol. The summed E-state index contributed by atoms with van der Waals surface area (Å²) in [5.41, 5.74) is 1.36. The van der Waals surface area contributed by atoms with Crippen molar-refractivity contribution in [1.29, 1.82) is 0 Å². The van der Waals surface area contributed by atoms with Gasteiger partial charge in [0.15, 0.2) is 0 Å². The van der Waals surface area contributed by atoms with Crippen LogP contribution in [-0.2, 0) is 11.4 Å². The summed E-state index contributed by atoms with van der Waals surface area (Å²) in [6, 6.07) is 11.4. The standard InChI is InChI=1S/C20H13BrN2O5S/c1-2-8-22-19(24)18(29-20(22)25)11-13-6-7-17(16(21)10-13)28-12-14-4-3-5-15(9-14)23(26)27/h1,3-7,9-11H,8,12H2/b18-11+. The monoisotopic (exact) mass is 472 g/mol. The maximum absolute atomic E-state index is 12.2. The van der Waals surface area contributed by atoms with E-state index in [4.69, 9.17) is 11.2 Å². The SMILES string of the molecule is C#CCN1C(=O)S/C(=C/c2ccc(OCc3cccc([N+](=O)[O-])c3)c(Br)c2)C1=O. The van der Waals surface area contributed by atoms with Gasteiger partial charge >= 0.3 is 0 Å². The number of halogens is 1. The normalized spacial score (nSPS) is 14.9. The van der Waals surface area contributed by atoms with E-state index in [1.807, 2.05) is 0 Å². The maximum Gasteiger partial charge on any atom is 0.294 e. The minimum atomic E-state index is -0.459. The molecule has 2 aromatic rings. The number of non-ortho nitro benzene ring substituents is 1. The Hall–Kier alpha value is -3.09. The van der Waals surface area contributed by atoms with E-state index in [1.165, 1.54) is 12.1 Å². The number of hydrogen-bond donors (Lipinski definition) is 0. The minimum Gasteiger partial charge on any atom is -0.488 e. The maximum atomic E-state index is 12.2. The molecule has 0 aliphatic carbocycles. The highest BCUT2D eigenvalue weighted by Crippen LogP contribution is 2.34. The summed E-state index contributed by atoms with van der Waals surface area (Å²) >= 11 is 4.25. The summed E-state index contributed by atoms with van der Waals surface area (Å²) < 4.78 is 6.36. The lowest BCUT2D eigenvalue weighted by Crippen LogP contribution is -2.28. The Morgan fingerprint density at radius 2 is 2.07 bits per heavy atom. The molecule has 3 rings (SSSR count). The van der Waals surface area contributed by atoms with Crippen LogP contribution < -0.4 is 4.74 Å². The van der Waals surface area contributed by atoms with Crippen LogP contribution in [0.5, 0.6) is 5.75 Å². The van der Waals surface area contributed by atoms with Gasteiger partial charge in [-0.1, -0.05) is 24.1 Å². The van der Waals surface area contributed by atoms with E-state index < -0.39 is 16.1 Å². The van der Waals surface area contributed by atoms with E-state index in [-0.39, 0.29) is 18.8 Å². The average molecular weight is 473 g/mol. The van der Waals surface area contributed by atoms with Crippen molar-refractivity contribution in [3.05, 3.63) is 73.1 Å². The molecule has 1 aliphatic heterocycles. The van der Waals surface area contributed by atoms with Crippen molar-refractivity contribution in [2.45, 2.75) is 6.61 Å². The molecule has 0 radical (unpaired) electrons. The largest absolute Gasteiger partial charge is 0.488 e. The number of imide groups is 1. The van der Waals surface area contributed by atoms with Crippen molar-refractivity contribution in [1.82, 2.24) is 4.90 Å². The van der Waals surface area contributed by atoms with Gasteiger partial charge in [0.1, 0.15) is 12.4 Å². The van der Waals surface area contributed by atoms with Gasteiger partial charge in [-0.05, 0) is 57.0 Å². The van der Waals surface area contributed by atoms with Crippen molar-refractivity contribution in [3.63, 3.8) is 0 Å². The second-order valence-corrected chi connectivity index (χ2v) is 7.73. The van der Waals surface area contributed by atoms with Crippen LogP contribution in [0.2, 0.25) is 0 Å². The van der Waals surface area contributed by atoms with Crippen LogP contribution in [0.15, 0.2) is 51.8 Å². The van der Waals surface area contributed by atoms with Crippen LogP contribution in [-0.4, -0.2) is 27.5 Å². The number of ether oxygens (including phenoxy) is 1. The van der Waals surface area contributed by atoms with E-state index in [0.717, 1.165) is 16.7 Å². The summed E-state index contributed by atoms with van der Waals surface area (Å²) in [6.45, 7) is 0.0979. The Labute approximate surface area is 179 Å². The third-order valence-electron chi connectivity index (χ3n) is 3.89. The summed E-state index contributed by atoms with van der Waals surface area (Å²) in [7, 11) is 0. The molecule has 0 atom stereocenters. The molecule has 1 heterocycles. The van der Waals surface area contributed by atoms with Gasteiger partial charge in [0.05, 0.1) is 20.8 Å². The summed E-state index contributed by atoms with van der Waals surface area (Å²) in [5, 5.41) is 10.5. The summed E-state index contributed by atoms with van der Waals surface area (Å²) in [5.74, 6) is 2.41. The first kappa shape index (κ1) is 20.6. The lowest BCUT2D eigenvalue weighted by molar-refractivity contribution is -0.384. The summed E-state index contributed by atoms with van der Waals surface area (Å²) in [4.78, 5) is 35.8. The van der Waals surface area contributed by atoms with Gasteiger partial charge in [0.25, 0.3) is 16.8 Å². The number of nitrogens with zero attached hydrogens (tertiary/aromatic N) is 2. The number of nitro benzene ring substituents is 1. The average Bonchev–Trinajstić information content (AvgIpc) is 2.95. The summed E-state index contributed by atoms with van der Waals surface area (Å²) in [6.07, 6.45) is 6.79. The number of thioether (sulfide) groups is 1. The van der Waals surface area contributed by atoms with Crippen molar-refractivity contribution < 1.29 is 19.2 Å². The number of nitro groups is 1. The molecular formula is C20H13BrN2O5S. The van der Waals surface area contributed by atoms with Crippen LogP contribution in [0, 0.1) is 22.5 Å². The number of hydrogen-bond acceptors (Lipinski definition) is 6. The second-order valence-electron chi connectivity index (χ2n) is 5.88. The van der Waals surface area contributed by atoms with Gasteiger partial charge in [-0.2, -0.15) is 0 Å². The van der Waals surface area contributed by atoms with E-state index >= 15 is 0 Å². The van der Waals surface area contributed by atoms with Crippen LogP contribution in [0.3, 0.4) is 0 Å². The molecule has 0 unspecified atom stereocenters. The predicted octanol–water partition coefficient (Wildman–Crippen LogP) is 4.61. The van der Waals surface area contributed by atoms with Gasteiger partial charge in [-0.3, -0.25) is 24.6 Å².